The van der Waals surface area contributed by atoms with Gasteiger partial charge in [-0.3, -0.25) is 14.4 Å². The molecule has 1 aliphatic heterocycles. The summed E-state index contributed by atoms with van der Waals surface area (Å²) in [6, 6.07) is 26.5. The van der Waals surface area contributed by atoms with Gasteiger partial charge in [-0.25, -0.2) is 0 Å². The molecule has 0 fully saturated rings. The van der Waals surface area contributed by atoms with Crippen molar-refractivity contribution in [1.82, 2.24) is 4.57 Å². The van der Waals surface area contributed by atoms with Crippen LogP contribution in [0.3, 0.4) is 0 Å². The number of hydrogen-bond donors (Lipinski definition) is 0. The summed E-state index contributed by atoms with van der Waals surface area (Å²) in [6.45, 7) is 2.84. The van der Waals surface area contributed by atoms with Crippen molar-refractivity contribution in [3.05, 3.63) is 113 Å². The van der Waals surface area contributed by atoms with E-state index in [-0.39, 0.29) is 23.8 Å². The van der Waals surface area contributed by atoms with Gasteiger partial charge in [0, 0.05) is 55.5 Å². The first kappa shape index (κ1) is 24.4. The van der Waals surface area contributed by atoms with Gasteiger partial charge >= 0.3 is 0 Å². The van der Waals surface area contributed by atoms with E-state index >= 15 is 0 Å². The highest BCUT2D eigenvalue weighted by Gasteiger charge is 2.19. The molecule has 5 heteroatoms. The Hall–Kier alpha value is -3.96. The van der Waals surface area contributed by atoms with Gasteiger partial charge in [-0.15, -0.1) is 11.8 Å². The fourth-order valence-electron chi connectivity index (χ4n) is 5.40. The zero-order valence-electron chi connectivity index (χ0n) is 21.2. The summed E-state index contributed by atoms with van der Waals surface area (Å²) < 4.78 is 2.19. The molecule has 0 bridgehead atoms. The number of hydrogen-bond acceptors (Lipinski definition) is 4. The number of carbonyl (C=O) groups excluding carboxylic acids is 3. The molecule has 0 amide bonds. The average Bonchev–Trinajstić information content (AvgIpc) is 3.29. The van der Waals surface area contributed by atoms with E-state index < -0.39 is 0 Å². The van der Waals surface area contributed by atoms with Crippen LogP contribution in [0.4, 0.5) is 0 Å². The minimum atomic E-state index is -0.196. The number of nitrogens with zero attached hydrogens (tertiary/aromatic N) is 1. The highest BCUT2D eigenvalue weighted by Crippen LogP contribution is 2.33. The van der Waals surface area contributed by atoms with Crippen LogP contribution >= 0.6 is 11.8 Å². The van der Waals surface area contributed by atoms with Crippen LogP contribution in [0.2, 0.25) is 0 Å². The lowest BCUT2D eigenvalue weighted by Crippen LogP contribution is -2.10. The average molecular weight is 518 g/mol. The molecule has 0 unspecified atom stereocenters. The largest absolute Gasteiger partial charge is 0.341 e. The van der Waals surface area contributed by atoms with Crippen molar-refractivity contribution in [2.75, 3.05) is 5.75 Å². The Morgan fingerprint density at radius 3 is 2.08 bits per heavy atom. The molecule has 0 N–H and O–H groups in total. The topological polar surface area (TPSA) is 56.1 Å². The van der Waals surface area contributed by atoms with Crippen molar-refractivity contribution in [2.45, 2.75) is 37.6 Å². The molecule has 5 aromatic rings. The predicted molar refractivity (Wildman–Crippen MR) is 154 cm³/mol. The van der Waals surface area contributed by atoms with Crippen LogP contribution in [0.5, 0.6) is 0 Å². The van der Waals surface area contributed by atoms with Crippen molar-refractivity contribution in [1.29, 1.82) is 0 Å². The summed E-state index contributed by atoms with van der Waals surface area (Å²) >= 11 is 1.83. The normalized spacial score (nSPS) is 13.0. The maximum Gasteiger partial charge on any atom is 0.193 e. The van der Waals surface area contributed by atoms with Gasteiger partial charge in [0.1, 0.15) is 0 Å². The number of aromatic nitrogens is 1. The van der Waals surface area contributed by atoms with Gasteiger partial charge in [-0.05, 0) is 79.6 Å². The molecule has 6 rings (SSSR count). The van der Waals surface area contributed by atoms with Crippen molar-refractivity contribution >= 4 is 50.9 Å². The van der Waals surface area contributed by atoms with Crippen molar-refractivity contribution in [3.8, 4) is 0 Å². The molecule has 1 aliphatic rings. The number of rotatable bonds is 7. The lowest BCUT2D eigenvalue weighted by atomic mass is 9.97. The van der Waals surface area contributed by atoms with E-state index in [0.717, 1.165) is 46.9 Å². The SMILES string of the molecule is CCn1c2ccc(C(=O)CC(=O)c3ccc4c(c3)CCCS4)cc2c2cc(C(=O)c3ccccc3)ccc21. The zero-order valence-corrected chi connectivity index (χ0v) is 22.0. The highest BCUT2D eigenvalue weighted by molar-refractivity contribution is 7.99. The van der Waals surface area contributed by atoms with Crippen LogP contribution in [0.1, 0.15) is 62.0 Å². The molecule has 188 valence electrons. The van der Waals surface area contributed by atoms with Crippen molar-refractivity contribution in [2.24, 2.45) is 0 Å². The number of carbonyl (C=O) groups is 3. The van der Waals surface area contributed by atoms with E-state index in [2.05, 4.69) is 11.5 Å². The molecule has 38 heavy (non-hydrogen) atoms. The number of benzene rings is 4. The lowest BCUT2D eigenvalue weighted by Gasteiger charge is -2.15. The smallest absolute Gasteiger partial charge is 0.193 e. The van der Waals surface area contributed by atoms with E-state index in [0.29, 0.717) is 22.3 Å². The Morgan fingerprint density at radius 2 is 1.37 bits per heavy atom. The first-order valence-corrected chi connectivity index (χ1v) is 14.0. The van der Waals surface area contributed by atoms with Crippen LogP contribution in [0.15, 0.2) is 89.8 Å². The third kappa shape index (κ3) is 4.37. The van der Waals surface area contributed by atoms with E-state index in [1.165, 1.54) is 10.5 Å². The first-order valence-electron chi connectivity index (χ1n) is 13.0. The fraction of sp³-hybridized carbons (Fsp3) is 0.182. The second-order valence-corrected chi connectivity index (χ2v) is 10.8. The Kier molecular flexibility index (Phi) is 6.46. The van der Waals surface area contributed by atoms with E-state index in [1.54, 1.807) is 0 Å². The van der Waals surface area contributed by atoms with Crippen molar-refractivity contribution < 1.29 is 14.4 Å². The Labute approximate surface area is 225 Å². The van der Waals surface area contributed by atoms with Crippen LogP contribution in [-0.2, 0) is 13.0 Å². The minimum absolute atomic E-state index is 0.0359. The Bertz CT molecular complexity index is 1730. The first-order chi connectivity index (χ1) is 18.5. The maximum atomic E-state index is 13.2. The summed E-state index contributed by atoms with van der Waals surface area (Å²) in [5.74, 6) is 0.724. The number of ketones is 3. The van der Waals surface area contributed by atoms with Gasteiger partial charge in [0.15, 0.2) is 17.3 Å². The van der Waals surface area contributed by atoms with Crippen molar-refractivity contribution in [3.63, 3.8) is 0 Å². The van der Waals surface area contributed by atoms with Gasteiger partial charge in [-0.1, -0.05) is 36.4 Å². The molecule has 0 aliphatic carbocycles. The summed E-state index contributed by atoms with van der Waals surface area (Å²) in [5, 5.41) is 1.84. The third-order valence-electron chi connectivity index (χ3n) is 7.35. The number of thioether (sulfide) groups is 1. The standard InChI is InChI=1S/C33H27NO3S/c1-2-34-28-13-10-23(31(36)20-30(35)22-12-15-32-24(17-22)9-6-16-38-32)18-26(28)27-19-25(11-14-29(27)34)33(37)21-7-4-3-5-8-21/h3-5,7-8,10-15,17-19H,2,6,9,16,20H2,1H3. The molecule has 4 nitrogen and oxygen atoms in total. The second-order valence-electron chi connectivity index (χ2n) is 9.70. The van der Waals surface area contributed by atoms with Gasteiger partial charge in [0.25, 0.3) is 0 Å². The maximum absolute atomic E-state index is 13.2. The molecule has 0 atom stereocenters. The molecular formula is C33H27NO3S. The molecule has 1 aromatic heterocycles. The molecule has 4 aromatic carbocycles. The Morgan fingerprint density at radius 1 is 0.737 bits per heavy atom. The molecule has 0 saturated heterocycles. The minimum Gasteiger partial charge on any atom is -0.341 e. The van der Waals surface area contributed by atoms with Gasteiger partial charge in [0.2, 0.25) is 0 Å². The molecule has 0 saturated carbocycles. The molecule has 0 spiro atoms. The summed E-state index contributed by atoms with van der Waals surface area (Å²) in [4.78, 5) is 40.6. The zero-order chi connectivity index (χ0) is 26.2. The van der Waals surface area contributed by atoms with Gasteiger partial charge < -0.3 is 4.57 Å². The Balaban J connectivity index is 1.34. The fourth-order valence-corrected chi connectivity index (χ4v) is 6.42. The van der Waals surface area contributed by atoms with Gasteiger partial charge in [0.05, 0.1) is 6.42 Å². The van der Waals surface area contributed by atoms with Crippen LogP contribution in [0.25, 0.3) is 21.8 Å². The van der Waals surface area contributed by atoms with Gasteiger partial charge in [-0.2, -0.15) is 0 Å². The summed E-state index contributed by atoms with van der Waals surface area (Å²) in [5.41, 5.74) is 5.58. The summed E-state index contributed by atoms with van der Waals surface area (Å²) in [7, 11) is 0. The summed E-state index contributed by atoms with van der Waals surface area (Å²) in [6.07, 6.45) is 1.92. The third-order valence-corrected chi connectivity index (χ3v) is 8.55. The number of Topliss-reactive ketones (excluding diaryl/α,β-unsaturated/α-hetero) is 2. The molecule has 2 heterocycles. The second kappa shape index (κ2) is 10.1. The van der Waals surface area contributed by atoms with E-state index in [9.17, 15) is 14.4 Å². The molecule has 0 radical (unpaired) electrons. The number of fused-ring (bicyclic) bond motifs is 4. The molecular weight excluding hydrogens is 490 g/mol. The van der Waals surface area contributed by atoms with Crippen LogP contribution in [0, 0.1) is 0 Å². The van der Waals surface area contributed by atoms with Crippen LogP contribution in [-0.4, -0.2) is 27.7 Å². The monoisotopic (exact) mass is 517 g/mol. The quantitative estimate of drug-likeness (QED) is 0.165. The highest BCUT2D eigenvalue weighted by atomic mass is 32.2. The van der Waals surface area contributed by atoms with E-state index in [1.807, 2.05) is 96.7 Å². The van der Waals surface area contributed by atoms with E-state index in [4.69, 9.17) is 0 Å². The number of aryl methyl sites for hydroxylation is 2. The van der Waals surface area contributed by atoms with Crippen LogP contribution < -0.4 is 0 Å². The lowest BCUT2D eigenvalue weighted by molar-refractivity contribution is 0.0893. The predicted octanol–water partition coefficient (Wildman–Crippen LogP) is 7.54.